The van der Waals surface area contributed by atoms with E-state index in [1.54, 1.807) is 11.8 Å². The first kappa shape index (κ1) is 6.65. The van der Waals surface area contributed by atoms with Gasteiger partial charge in [0, 0.05) is 19.0 Å². The molecule has 0 aromatic rings. The molecule has 0 aromatic heterocycles. The molecule has 1 heterocycles. The number of fused-ring (bicyclic) bond motifs is 1. The summed E-state index contributed by atoms with van der Waals surface area (Å²) in [5.74, 6) is 0.571. The lowest BCUT2D eigenvalue weighted by molar-refractivity contribution is -0.129. The summed E-state index contributed by atoms with van der Waals surface area (Å²) in [6.07, 6.45) is 8.16. The lowest BCUT2D eigenvalue weighted by atomic mass is 9.77. The van der Waals surface area contributed by atoms with Gasteiger partial charge in [0.15, 0.2) is 0 Å². The van der Waals surface area contributed by atoms with Gasteiger partial charge in [-0.1, -0.05) is 18.2 Å². The Morgan fingerprint density at radius 3 is 2.55 bits per heavy atom. The molecule has 0 bridgehead atoms. The van der Waals surface area contributed by atoms with Crippen LogP contribution in [0.3, 0.4) is 0 Å². The van der Waals surface area contributed by atoms with E-state index >= 15 is 0 Å². The molecule has 0 N–H and O–H groups in total. The molecule has 0 fully saturated rings. The van der Waals surface area contributed by atoms with Crippen LogP contribution < -0.4 is 0 Å². The fourth-order valence-electron chi connectivity index (χ4n) is 1.77. The molecular weight excluding hydrogens is 138 g/mol. The Morgan fingerprint density at radius 1 is 1.55 bits per heavy atom. The van der Waals surface area contributed by atoms with E-state index in [9.17, 15) is 4.79 Å². The van der Waals surface area contributed by atoms with Gasteiger partial charge in [0.25, 0.3) is 0 Å². The van der Waals surface area contributed by atoms with Crippen molar-refractivity contribution in [2.75, 3.05) is 0 Å². The first-order chi connectivity index (χ1) is 5.14. The Labute approximate surface area is 66.2 Å². The third-order valence-corrected chi connectivity index (χ3v) is 2.62. The van der Waals surface area contributed by atoms with Crippen LogP contribution in [0.15, 0.2) is 24.4 Å². The molecule has 0 radical (unpaired) electrons. The van der Waals surface area contributed by atoms with Crippen molar-refractivity contribution in [3.05, 3.63) is 24.4 Å². The second kappa shape index (κ2) is 1.76. The van der Waals surface area contributed by atoms with Gasteiger partial charge >= 0.3 is 0 Å². The number of rotatable bonds is 0. The minimum absolute atomic E-state index is 0.0359. The van der Waals surface area contributed by atoms with Crippen LogP contribution in [0.5, 0.6) is 0 Å². The highest BCUT2D eigenvalue weighted by atomic mass is 16.2. The summed E-state index contributed by atoms with van der Waals surface area (Å²) in [6.45, 7) is 3.68. The highest BCUT2D eigenvalue weighted by Crippen LogP contribution is 2.41. The minimum atomic E-state index is -0.0359. The quantitative estimate of drug-likeness (QED) is 0.475. The van der Waals surface area contributed by atoms with Crippen molar-refractivity contribution in [1.29, 1.82) is 0 Å². The average Bonchev–Trinajstić information content (AvgIpc) is 2.12. The van der Waals surface area contributed by atoms with Crippen molar-refractivity contribution in [1.82, 2.24) is 4.90 Å². The lowest BCUT2D eigenvalue weighted by Crippen LogP contribution is -2.49. The lowest BCUT2D eigenvalue weighted by Gasteiger charge is -2.41. The van der Waals surface area contributed by atoms with Gasteiger partial charge in [-0.2, -0.15) is 0 Å². The van der Waals surface area contributed by atoms with Gasteiger partial charge in [0.05, 0.1) is 5.54 Å². The zero-order chi connectivity index (χ0) is 8.06. The molecule has 2 heteroatoms. The van der Waals surface area contributed by atoms with Crippen molar-refractivity contribution in [3.63, 3.8) is 0 Å². The van der Waals surface area contributed by atoms with E-state index in [4.69, 9.17) is 0 Å². The van der Waals surface area contributed by atoms with Crippen LogP contribution in [0.2, 0.25) is 0 Å². The Hall–Kier alpha value is -1.05. The van der Waals surface area contributed by atoms with Crippen LogP contribution in [0.1, 0.15) is 13.8 Å². The fraction of sp³-hybridized carbons (Fsp3) is 0.444. The third kappa shape index (κ3) is 0.642. The van der Waals surface area contributed by atoms with Gasteiger partial charge < -0.3 is 4.90 Å². The number of hydrogen-bond donors (Lipinski definition) is 0. The molecule has 2 unspecified atom stereocenters. The van der Waals surface area contributed by atoms with Gasteiger partial charge in [-0.25, -0.2) is 0 Å². The molecule has 58 valence electrons. The van der Waals surface area contributed by atoms with E-state index in [0.717, 1.165) is 0 Å². The maximum Gasteiger partial charge on any atom is 0.224 e. The number of hydrogen-bond acceptors (Lipinski definition) is 1. The topological polar surface area (TPSA) is 20.3 Å². The zero-order valence-corrected chi connectivity index (χ0v) is 6.74. The molecular formula is C9H11NO. The van der Waals surface area contributed by atoms with Crippen LogP contribution >= 0.6 is 0 Å². The first-order valence-corrected chi connectivity index (χ1v) is 3.82. The van der Waals surface area contributed by atoms with Crippen molar-refractivity contribution in [2.45, 2.75) is 19.4 Å². The molecule has 2 nitrogen and oxygen atoms in total. The summed E-state index contributed by atoms with van der Waals surface area (Å²) in [6, 6.07) is 0. The fourth-order valence-corrected chi connectivity index (χ4v) is 1.77. The molecule has 0 spiro atoms. The van der Waals surface area contributed by atoms with Crippen molar-refractivity contribution in [2.24, 2.45) is 5.92 Å². The monoisotopic (exact) mass is 149 g/mol. The summed E-state index contributed by atoms with van der Waals surface area (Å²) < 4.78 is 0. The van der Waals surface area contributed by atoms with Crippen LogP contribution in [-0.4, -0.2) is 16.3 Å². The molecule has 0 aromatic carbocycles. The predicted molar refractivity (Wildman–Crippen MR) is 42.7 cm³/mol. The number of nitrogens with zero attached hydrogens (tertiary/aromatic N) is 1. The van der Waals surface area contributed by atoms with Gasteiger partial charge in [-0.3, -0.25) is 4.79 Å². The number of amides is 1. The highest BCUT2D eigenvalue weighted by molar-refractivity contribution is 5.77. The standard InChI is InChI=1S/C9H11NO/c1-7(11)10-6-4-8-3-5-9(8,10)2/h3-6,8H,1-2H3. The van der Waals surface area contributed by atoms with E-state index in [-0.39, 0.29) is 11.4 Å². The molecule has 1 aliphatic heterocycles. The molecule has 0 saturated carbocycles. The van der Waals surface area contributed by atoms with Crippen molar-refractivity contribution >= 4 is 5.91 Å². The van der Waals surface area contributed by atoms with Gasteiger partial charge in [0.1, 0.15) is 0 Å². The molecule has 2 aliphatic rings. The second-order valence-corrected chi connectivity index (χ2v) is 3.34. The number of carbonyl (C=O) groups excluding carboxylic acids is 1. The van der Waals surface area contributed by atoms with Gasteiger partial charge in [-0.05, 0) is 6.92 Å². The minimum Gasteiger partial charge on any atom is -0.309 e. The SMILES string of the molecule is CC(=O)N1C=CC2C=CC21C. The molecule has 2 rings (SSSR count). The Balaban J connectivity index is 2.32. The maximum absolute atomic E-state index is 11.1. The maximum atomic E-state index is 11.1. The van der Waals surface area contributed by atoms with E-state index in [2.05, 4.69) is 25.2 Å². The zero-order valence-electron chi connectivity index (χ0n) is 6.74. The van der Waals surface area contributed by atoms with Crippen LogP contribution in [-0.2, 0) is 4.79 Å². The molecule has 11 heavy (non-hydrogen) atoms. The largest absolute Gasteiger partial charge is 0.309 e. The predicted octanol–water partition coefficient (Wildman–Crippen LogP) is 1.31. The first-order valence-electron chi connectivity index (χ1n) is 3.82. The Morgan fingerprint density at radius 2 is 2.27 bits per heavy atom. The van der Waals surface area contributed by atoms with Crippen LogP contribution in [0.4, 0.5) is 0 Å². The smallest absolute Gasteiger partial charge is 0.224 e. The van der Waals surface area contributed by atoms with E-state index in [1.165, 1.54) is 0 Å². The van der Waals surface area contributed by atoms with E-state index < -0.39 is 0 Å². The molecule has 0 saturated heterocycles. The molecule has 1 amide bonds. The van der Waals surface area contributed by atoms with E-state index in [0.29, 0.717) is 5.92 Å². The highest BCUT2D eigenvalue weighted by Gasteiger charge is 2.44. The van der Waals surface area contributed by atoms with Crippen LogP contribution in [0, 0.1) is 5.92 Å². The Bertz CT molecular complexity index is 267. The molecule has 2 atom stereocenters. The summed E-state index contributed by atoms with van der Waals surface area (Å²) in [7, 11) is 0. The summed E-state index contributed by atoms with van der Waals surface area (Å²) >= 11 is 0. The van der Waals surface area contributed by atoms with Gasteiger partial charge in [0.2, 0.25) is 5.91 Å². The third-order valence-electron chi connectivity index (χ3n) is 2.62. The van der Waals surface area contributed by atoms with Gasteiger partial charge in [-0.15, -0.1) is 0 Å². The van der Waals surface area contributed by atoms with Crippen molar-refractivity contribution < 1.29 is 4.79 Å². The average molecular weight is 149 g/mol. The number of carbonyl (C=O) groups is 1. The second-order valence-electron chi connectivity index (χ2n) is 3.34. The van der Waals surface area contributed by atoms with Crippen LogP contribution in [0.25, 0.3) is 0 Å². The van der Waals surface area contributed by atoms with E-state index in [1.807, 2.05) is 6.20 Å². The summed E-state index contributed by atoms with van der Waals surface area (Å²) in [5, 5.41) is 0. The summed E-state index contributed by atoms with van der Waals surface area (Å²) in [5.41, 5.74) is -0.0359. The molecule has 1 aliphatic carbocycles. The normalized spacial score (nSPS) is 38.7. The summed E-state index contributed by atoms with van der Waals surface area (Å²) in [4.78, 5) is 12.9. The Kier molecular flexibility index (Phi) is 1.06. The van der Waals surface area contributed by atoms with Crippen molar-refractivity contribution in [3.8, 4) is 0 Å².